The van der Waals surface area contributed by atoms with Crippen molar-refractivity contribution in [3.05, 3.63) is 53.5 Å². The average molecular weight is 415 g/mol. The smallest absolute Gasteiger partial charge is 0.251 e. The second-order valence-corrected chi connectivity index (χ2v) is 7.53. The summed E-state index contributed by atoms with van der Waals surface area (Å²) in [6.45, 7) is 1.34. The number of rotatable bonds is 9. The van der Waals surface area contributed by atoms with Crippen LogP contribution < -0.4 is 16.0 Å². The Morgan fingerprint density at radius 2 is 2.07 bits per heavy atom. The van der Waals surface area contributed by atoms with E-state index in [1.54, 1.807) is 49.3 Å². The molecule has 0 aliphatic heterocycles. The van der Waals surface area contributed by atoms with Gasteiger partial charge in [0.2, 0.25) is 5.96 Å². The van der Waals surface area contributed by atoms with E-state index in [1.807, 2.05) is 26.2 Å². The van der Waals surface area contributed by atoms with E-state index in [2.05, 4.69) is 25.8 Å². The van der Waals surface area contributed by atoms with Crippen LogP contribution in [0.4, 0.5) is 5.69 Å². The highest BCUT2D eigenvalue weighted by Gasteiger charge is 2.07. The van der Waals surface area contributed by atoms with Crippen molar-refractivity contribution >= 4 is 29.3 Å². The fourth-order valence-electron chi connectivity index (χ4n) is 2.48. The second kappa shape index (κ2) is 11.8. The van der Waals surface area contributed by atoms with Crippen molar-refractivity contribution < 1.29 is 9.21 Å². The number of nitriles is 1. The minimum Gasteiger partial charge on any atom is -0.464 e. The lowest BCUT2D eigenvalue weighted by Crippen LogP contribution is -2.27. The molecule has 0 atom stereocenters. The first-order valence-electron chi connectivity index (χ1n) is 9.09. The van der Waals surface area contributed by atoms with Gasteiger partial charge < -0.3 is 20.0 Å². The average Bonchev–Trinajstić information content (AvgIpc) is 3.13. The van der Waals surface area contributed by atoms with Gasteiger partial charge in [0.05, 0.1) is 12.3 Å². The number of nitrogens with one attached hydrogen (secondary N) is 3. The van der Waals surface area contributed by atoms with E-state index in [1.165, 1.54) is 0 Å². The van der Waals surface area contributed by atoms with Gasteiger partial charge >= 0.3 is 0 Å². The summed E-state index contributed by atoms with van der Waals surface area (Å²) < 4.78 is 5.77. The Balaban J connectivity index is 1.74. The van der Waals surface area contributed by atoms with E-state index in [4.69, 9.17) is 9.68 Å². The van der Waals surface area contributed by atoms with E-state index in [-0.39, 0.29) is 5.91 Å². The van der Waals surface area contributed by atoms with Crippen LogP contribution in [0.5, 0.6) is 0 Å². The maximum atomic E-state index is 12.3. The lowest BCUT2D eigenvalue weighted by Gasteiger charge is -2.09. The number of nitrogens with zero attached hydrogens (tertiary/aromatic N) is 3. The first kappa shape index (κ1) is 22.3. The minimum absolute atomic E-state index is 0.149. The molecule has 0 fully saturated rings. The van der Waals surface area contributed by atoms with Crippen molar-refractivity contribution in [2.75, 3.05) is 38.8 Å². The van der Waals surface area contributed by atoms with Crippen LogP contribution in [-0.4, -0.2) is 50.2 Å². The number of guanidine groups is 1. The van der Waals surface area contributed by atoms with Gasteiger partial charge in [0.15, 0.2) is 6.19 Å². The van der Waals surface area contributed by atoms with Crippen LogP contribution in [0.25, 0.3) is 0 Å². The third-order valence-corrected chi connectivity index (χ3v) is 4.73. The molecule has 0 saturated carbocycles. The SMILES string of the molecule is CN=C(NC#N)Nc1cccc(C(=O)NCCSCc2ccc(CN(C)C)o2)c1. The molecule has 0 bridgehead atoms. The largest absolute Gasteiger partial charge is 0.464 e. The van der Waals surface area contributed by atoms with E-state index in [0.29, 0.717) is 23.8 Å². The van der Waals surface area contributed by atoms with Gasteiger partial charge in [-0.05, 0) is 44.4 Å². The highest BCUT2D eigenvalue weighted by molar-refractivity contribution is 7.98. The molecule has 9 heteroatoms. The number of carbonyl (C=O) groups is 1. The van der Waals surface area contributed by atoms with Crippen LogP contribution in [0.3, 0.4) is 0 Å². The first-order valence-corrected chi connectivity index (χ1v) is 10.2. The lowest BCUT2D eigenvalue weighted by atomic mass is 10.2. The van der Waals surface area contributed by atoms with E-state index in [0.717, 1.165) is 29.6 Å². The quantitative estimate of drug-likeness (QED) is 0.190. The van der Waals surface area contributed by atoms with Gasteiger partial charge in [-0.2, -0.15) is 17.0 Å². The van der Waals surface area contributed by atoms with Crippen LogP contribution >= 0.6 is 11.8 Å². The molecule has 2 aromatic rings. The highest BCUT2D eigenvalue weighted by atomic mass is 32.2. The molecule has 3 N–H and O–H groups in total. The maximum absolute atomic E-state index is 12.3. The predicted molar refractivity (Wildman–Crippen MR) is 117 cm³/mol. The summed E-state index contributed by atoms with van der Waals surface area (Å²) in [6.07, 6.45) is 1.80. The molecule has 0 aliphatic rings. The van der Waals surface area contributed by atoms with Gasteiger partial charge in [-0.25, -0.2) is 0 Å². The molecule has 29 heavy (non-hydrogen) atoms. The molecular formula is C20H26N6O2S. The van der Waals surface area contributed by atoms with E-state index < -0.39 is 0 Å². The number of aliphatic imine (C=N–C) groups is 1. The maximum Gasteiger partial charge on any atom is 0.251 e. The molecule has 1 aromatic carbocycles. The van der Waals surface area contributed by atoms with E-state index >= 15 is 0 Å². The summed E-state index contributed by atoms with van der Waals surface area (Å²) in [5, 5.41) is 17.0. The van der Waals surface area contributed by atoms with Crippen LogP contribution in [0.1, 0.15) is 21.9 Å². The van der Waals surface area contributed by atoms with Gasteiger partial charge in [-0.3, -0.25) is 15.1 Å². The summed E-state index contributed by atoms with van der Waals surface area (Å²) in [7, 11) is 5.57. The van der Waals surface area contributed by atoms with Crippen molar-refractivity contribution in [3.8, 4) is 6.19 Å². The fraction of sp³-hybridized carbons (Fsp3) is 0.350. The number of anilines is 1. The fourth-order valence-corrected chi connectivity index (χ4v) is 3.23. The molecule has 1 heterocycles. The van der Waals surface area contributed by atoms with Gasteiger partial charge in [0, 0.05) is 30.6 Å². The number of furan rings is 1. The van der Waals surface area contributed by atoms with Gasteiger partial charge in [-0.15, -0.1) is 0 Å². The number of thioether (sulfide) groups is 1. The zero-order chi connectivity index (χ0) is 21.1. The highest BCUT2D eigenvalue weighted by Crippen LogP contribution is 2.16. The summed E-state index contributed by atoms with van der Waals surface area (Å²) in [5.74, 6) is 3.61. The van der Waals surface area contributed by atoms with Crippen LogP contribution in [0, 0.1) is 11.5 Å². The van der Waals surface area contributed by atoms with Crippen molar-refractivity contribution in [3.63, 3.8) is 0 Å². The Bertz CT molecular complexity index is 872. The Labute approximate surface area is 175 Å². The third kappa shape index (κ3) is 7.89. The summed E-state index contributed by atoms with van der Waals surface area (Å²) in [5.41, 5.74) is 1.20. The van der Waals surface area contributed by atoms with E-state index in [9.17, 15) is 4.79 Å². The molecular weight excluding hydrogens is 388 g/mol. The normalized spacial score (nSPS) is 11.2. The summed E-state index contributed by atoms with van der Waals surface area (Å²) >= 11 is 1.71. The number of benzene rings is 1. The second-order valence-electron chi connectivity index (χ2n) is 6.43. The van der Waals surface area contributed by atoms with Gasteiger partial charge in [-0.1, -0.05) is 6.07 Å². The molecule has 8 nitrogen and oxygen atoms in total. The van der Waals surface area contributed by atoms with Crippen LogP contribution in [0.15, 0.2) is 45.8 Å². The Hall–Kier alpha value is -2.96. The monoisotopic (exact) mass is 414 g/mol. The number of hydrogen-bond acceptors (Lipinski definition) is 6. The van der Waals surface area contributed by atoms with Crippen LogP contribution in [-0.2, 0) is 12.3 Å². The zero-order valence-corrected chi connectivity index (χ0v) is 17.7. The van der Waals surface area contributed by atoms with Crippen LogP contribution in [0.2, 0.25) is 0 Å². The number of carbonyl (C=O) groups excluding carboxylic acids is 1. The predicted octanol–water partition coefficient (Wildman–Crippen LogP) is 2.47. The summed E-state index contributed by atoms with van der Waals surface area (Å²) in [4.78, 5) is 18.3. The molecule has 0 unspecified atom stereocenters. The summed E-state index contributed by atoms with van der Waals surface area (Å²) in [6, 6.07) is 11.0. The van der Waals surface area contributed by atoms with Gasteiger partial charge in [0.25, 0.3) is 5.91 Å². The molecule has 2 rings (SSSR count). The lowest BCUT2D eigenvalue weighted by molar-refractivity contribution is 0.0956. The number of amides is 1. The molecule has 1 amide bonds. The standard InChI is InChI=1S/C20H26N6O2S/c1-22-20(24-14-21)25-16-6-4-5-15(11-16)19(27)23-9-10-29-13-18-8-7-17(28-18)12-26(2)3/h4-8,11H,9-10,12-13H2,1-3H3,(H,23,27)(H2,22,24,25). The Kier molecular flexibility index (Phi) is 9.08. The molecule has 0 saturated heterocycles. The Morgan fingerprint density at radius 1 is 1.28 bits per heavy atom. The van der Waals surface area contributed by atoms with Crippen molar-refractivity contribution in [2.24, 2.45) is 4.99 Å². The zero-order valence-electron chi connectivity index (χ0n) is 16.9. The third-order valence-electron chi connectivity index (χ3n) is 3.75. The molecule has 0 radical (unpaired) electrons. The van der Waals surface area contributed by atoms with Gasteiger partial charge in [0.1, 0.15) is 11.5 Å². The first-order chi connectivity index (χ1) is 14.0. The number of hydrogen-bond donors (Lipinski definition) is 3. The molecule has 154 valence electrons. The Morgan fingerprint density at radius 3 is 2.79 bits per heavy atom. The van der Waals surface area contributed by atoms with Crippen molar-refractivity contribution in [1.29, 1.82) is 5.26 Å². The topological polar surface area (TPSA) is 106 Å². The molecule has 0 spiro atoms. The van der Waals surface area contributed by atoms with Crippen molar-refractivity contribution in [2.45, 2.75) is 12.3 Å². The minimum atomic E-state index is -0.149. The van der Waals surface area contributed by atoms with Crippen molar-refractivity contribution in [1.82, 2.24) is 15.5 Å². The molecule has 1 aromatic heterocycles. The molecule has 0 aliphatic carbocycles.